The summed E-state index contributed by atoms with van der Waals surface area (Å²) in [5.74, 6) is -0.579. The van der Waals surface area contributed by atoms with Crippen LogP contribution >= 0.6 is 0 Å². The Morgan fingerprint density at radius 3 is 1.16 bits per heavy atom. The lowest BCUT2D eigenvalue weighted by Gasteiger charge is -2.19. The molecule has 0 spiro atoms. The molecule has 0 aromatic carbocycles. The number of amides is 1. The van der Waals surface area contributed by atoms with Crippen molar-refractivity contribution in [2.45, 2.75) is 206 Å². The minimum absolute atomic E-state index is 0.0471. The summed E-state index contributed by atoms with van der Waals surface area (Å²) < 4.78 is 11.6. The van der Waals surface area contributed by atoms with Crippen LogP contribution in [0, 0.1) is 0 Å². The van der Waals surface area contributed by atoms with Gasteiger partial charge in [0.2, 0.25) is 5.91 Å². The van der Waals surface area contributed by atoms with Gasteiger partial charge in [0, 0.05) is 12.8 Å². The smallest absolute Gasteiger partial charge is 0.306 e. The average Bonchev–Trinajstić information content (AvgIpc) is 3.49. The standard InChI is InChI=1S/C44H80N2O5/c1-5-7-9-11-13-15-17-19-21-23-25-27-29-31-33-35-43(48)50-40-37-46(42(47)39-45(3)4)38-41(40)51-44(49)36-34-32-30-28-26-24-22-20-18-16-14-12-10-8-6-2/h19-22,40-41H,5-18,23-39H2,1-4H3/b21-19+,22-20+/t40-,41-/m1/s1. The predicted molar refractivity (Wildman–Crippen MR) is 214 cm³/mol. The molecule has 2 atom stereocenters. The average molecular weight is 717 g/mol. The van der Waals surface area contributed by atoms with Crippen LogP contribution in [0.4, 0.5) is 0 Å². The lowest BCUT2D eigenvalue weighted by atomic mass is 10.1. The van der Waals surface area contributed by atoms with Crippen molar-refractivity contribution in [3.63, 3.8) is 0 Å². The summed E-state index contributed by atoms with van der Waals surface area (Å²) in [6.07, 6.45) is 40.3. The highest BCUT2D eigenvalue weighted by atomic mass is 16.6. The molecule has 7 heteroatoms. The van der Waals surface area contributed by atoms with Crippen LogP contribution in [0.25, 0.3) is 0 Å². The number of allylic oxidation sites excluding steroid dienone is 4. The van der Waals surface area contributed by atoms with Gasteiger partial charge in [-0.1, -0.05) is 141 Å². The molecule has 1 amide bonds. The van der Waals surface area contributed by atoms with Crippen molar-refractivity contribution in [1.29, 1.82) is 0 Å². The first kappa shape index (κ1) is 46.9. The van der Waals surface area contributed by atoms with Crippen molar-refractivity contribution >= 4 is 17.8 Å². The highest BCUT2D eigenvalue weighted by Gasteiger charge is 2.40. The largest absolute Gasteiger partial charge is 0.456 e. The van der Waals surface area contributed by atoms with Crippen molar-refractivity contribution in [2.24, 2.45) is 0 Å². The summed E-state index contributed by atoms with van der Waals surface area (Å²) in [6, 6.07) is 0. The highest BCUT2D eigenvalue weighted by Crippen LogP contribution is 2.21. The lowest BCUT2D eigenvalue weighted by Crippen LogP contribution is -2.37. The van der Waals surface area contributed by atoms with Gasteiger partial charge in [0.05, 0.1) is 19.6 Å². The summed E-state index contributed by atoms with van der Waals surface area (Å²) >= 11 is 0. The summed E-state index contributed by atoms with van der Waals surface area (Å²) in [6.45, 7) is 5.34. The summed E-state index contributed by atoms with van der Waals surface area (Å²) in [5, 5.41) is 0. The Bertz CT molecular complexity index is 855. The van der Waals surface area contributed by atoms with E-state index in [1.54, 1.807) is 4.90 Å². The van der Waals surface area contributed by atoms with Crippen molar-refractivity contribution in [3.05, 3.63) is 24.3 Å². The number of likely N-dealkylation sites (N-methyl/N-ethyl adjacent to an activating group) is 1. The number of hydrogen-bond acceptors (Lipinski definition) is 6. The van der Waals surface area contributed by atoms with Crippen LogP contribution in [0.2, 0.25) is 0 Å². The minimum atomic E-state index is -0.607. The van der Waals surface area contributed by atoms with Crippen LogP contribution in [-0.4, -0.2) is 73.6 Å². The molecule has 0 saturated carbocycles. The van der Waals surface area contributed by atoms with E-state index in [1.807, 2.05) is 19.0 Å². The second-order valence-corrected chi connectivity index (χ2v) is 15.3. The van der Waals surface area contributed by atoms with Gasteiger partial charge in [0.25, 0.3) is 0 Å². The number of carbonyl (C=O) groups is 3. The second kappa shape index (κ2) is 33.7. The minimum Gasteiger partial charge on any atom is -0.456 e. The maximum absolute atomic E-state index is 12.8. The van der Waals surface area contributed by atoms with E-state index >= 15 is 0 Å². The van der Waals surface area contributed by atoms with E-state index in [4.69, 9.17) is 9.47 Å². The van der Waals surface area contributed by atoms with Crippen LogP contribution in [0.5, 0.6) is 0 Å². The molecule has 0 radical (unpaired) electrons. The number of carbonyl (C=O) groups excluding carboxylic acids is 3. The Morgan fingerprint density at radius 2 is 0.824 bits per heavy atom. The van der Waals surface area contributed by atoms with Gasteiger partial charge >= 0.3 is 11.9 Å². The van der Waals surface area contributed by atoms with Crippen molar-refractivity contribution in [1.82, 2.24) is 9.80 Å². The fourth-order valence-corrected chi connectivity index (χ4v) is 6.68. The summed E-state index contributed by atoms with van der Waals surface area (Å²) in [5.41, 5.74) is 0. The molecule has 0 aromatic heterocycles. The van der Waals surface area contributed by atoms with E-state index in [9.17, 15) is 14.4 Å². The first-order valence-electron chi connectivity index (χ1n) is 21.5. The van der Waals surface area contributed by atoms with Gasteiger partial charge in [-0.15, -0.1) is 0 Å². The normalized spacial score (nSPS) is 16.2. The molecule has 51 heavy (non-hydrogen) atoms. The van der Waals surface area contributed by atoms with Gasteiger partial charge in [-0.3, -0.25) is 14.4 Å². The Balaban J connectivity index is 2.24. The Labute approximate surface area is 314 Å². The Kier molecular flexibility index (Phi) is 30.9. The van der Waals surface area contributed by atoms with Crippen molar-refractivity contribution in [2.75, 3.05) is 33.7 Å². The molecule has 1 fully saturated rings. The Hall–Kier alpha value is -2.15. The van der Waals surface area contributed by atoms with E-state index in [0.717, 1.165) is 51.4 Å². The van der Waals surface area contributed by atoms with E-state index in [2.05, 4.69) is 38.2 Å². The molecule has 0 aliphatic carbocycles. The predicted octanol–water partition coefficient (Wildman–Crippen LogP) is 11.3. The molecule has 7 nitrogen and oxygen atoms in total. The maximum Gasteiger partial charge on any atom is 0.306 e. The zero-order chi connectivity index (χ0) is 37.2. The van der Waals surface area contributed by atoms with Crippen molar-refractivity contribution in [3.8, 4) is 0 Å². The Morgan fingerprint density at radius 1 is 0.510 bits per heavy atom. The number of rotatable bonds is 34. The van der Waals surface area contributed by atoms with Gasteiger partial charge in [-0.05, 0) is 78.3 Å². The molecular formula is C44H80N2O5. The van der Waals surface area contributed by atoms with Crippen LogP contribution < -0.4 is 0 Å². The van der Waals surface area contributed by atoms with Crippen LogP contribution in [0.15, 0.2) is 24.3 Å². The van der Waals surface area contributed by atoms with Crippen LogP contribution in [0.1, 0.15) is 194 Å². The van der Waals surface area contributed by atoms with Crippen LogP contribution in [0.3, 0.4) is 0 Å². The number of unbranched alkanes of at least 4 members (excludes halogenated alkanes) is 22. The van der Waals surface area contributed by atoms with E-state index in [1.165, 1.54) is 116 Å². The lowest BCUT2D eigenvalue weighted by molar-refractivity contribution is -0.164. The number of ether oxygens (including phenoxy) is 2. The third-order valence-corrected chi connectivity index (χ3v) is 9.87. The van der Waals surface area contributed by atoms with Gasteiger partial charge in [0.15, 0.2) is 12.2 Å². The quantitative estimate of drug-likeness (QED) is 0.0375. The SMILES string of the molecule is CCCCCCCC/C=C/CCCCCCCC(=O)O[C@@H]1CN(C(=O)CN(C)C)C[C@H]1OC(=O)CCCCCCC/C=C/CCCCCCCC. The molecule has 1 heterocycles. The fourth-order valence-electron chi connectivity index (χ4n) is 6.68. The van der Waals surface area contributed by atoms with Crippen LogP contribution in [-0.2, 0) is 23.9 Å². The molecule has 1 aliphatic rings. The monoisotopic (exact) mass is 717 g/mol. The summed E-state index contributed by atoms with van der Waals surface area (Å²) in [7, 11) is 3.70. The zero-order valence-corrected chi connectivity index (χ0v) is 33.8. The zero-order valence-electron chi connectivity index (χ0n) is 33.8. The maximum atomic E-state index is 12.8. The third-order valence-electron chi connectivity index (χ3n) is 9.87. The number of likely N-dealkylation sites (tertiary alicyclic amines) is 1. The van der Waals surface area contributed by atoms with E-state index in [-0.39, 0.29) is 37.5 Å². The second-order valence-electron chi connectivity index (χ2n) is 15.3. The molecule has 296 valence electrons. The van der Waals surface area contributed by atoms with Gasteiger partial charge in [-0.25, -0.2) is 0 Å². The number of esters is 2. The summed E-state index contributed by atoms with van der Waals surface area (Å²) in [4.78, 5) is 41.8. The number of nitrogens with zero attached hydrogens (tertiary/aromatic N) is 2. The fraction of sp³-hybridized carbons (Fsp3) is 0.841. The molecule has 0 unspecified atom stereocenters. The molecular weight excluding hydrogens is 636 g/mol. The first-order valence-corrected chi connectivity index (χ1v) is 21.5. The van der Waals surface area contributed by atoms with E-state index < -0.39 is 12.2 Å². The topological polar surface area (TPSA) is 76.2 Å². The van der Waals surface area contributed by atoms with Gasteiger partial charge < -0.3 is 19.3 Å². The van der Waals surface area contributed by atoms with Crippen molar-refractivity contribution < 1.29 is 23.9 Å². The van der Waals surface area contributed by atoms with Gasteiger partial charge in [0.1, 0.15) is 0 Å². The molecule has 1 saturated heterocycles. The highest BCUT2D eigenvalue weighted by molar-refractivity contribution is 5.79. The number of hydrogen-bond donors (Lipinski definition) is 0. The van der Waals surface area contributed by atoms with Gasteiger partial charge in [-0.2, -0.15) is 0 Å². The van der Waals surface area contributed by atoms with E-state index in [0.29, 0.717) is 12.8 Å². The molecule has 0 N–H and O–H groups in total. The molecule has 0 bridgehead atoms. The molecule has 1 aliphatic heterocycles. The molecule has 0 aromatic rings. The first-order chi connectivity index (χ1) is 24.9. The molecule has 1 rings (SSSR count). The third kappa shape index (κ3) is 28.1.